The summed E-state index contributed by atoms with van der Waals surface area (Å²) >= 11 is 7.83. The van der Waals surface area contributed by atoms with E-state index >= 15 is 0 Å². The molecular formula is C11H13ClN2S. The zero-order valence-electron chi connectivity index (χ0n) is 8.83. The third-order valence-electron chi connectivity index (χ3n) is 2.36. The highest BCUT2D eigenvalue weighted by Gasteiger charge is 2.14. The van der Waals surface area contributed by atoms with Crippen molar-refractivity contribution in [3.8, 4) is 0 Å². The lowest BCUT2D eigenvalue weighted by Gasteiger charge is -2.09. The van der Waals surface area contributed by atoms with Gasteiger partial charge < -0.3 is 4.90 Å². The minimum Gasteiger partial charge on any atom is -0.353 e. The summed E-state index contributed by atoms with van der Waals surface area (Å²) in [5, 5.41) is 1.86. The molecule has 0 unspecified atom stereocenters. The number of rotatable bonds is 1. The van der Waals surface area contributed by atoms with Gasteiger partial charge in [0.25, 0.3) is 0 Å². The molecule has 0 N–H and O–H groups in total. The highest BCUT2D eigenvalue weighted by Crippen LogP contribution is 2.25. The predicted octanol–water partition coefficient (Wildman–Crippen LogP) is 3.31. The third-order valence-corrected chi connectivity index (χ3v) is 3.82. The van der Waals surface area contributed by atoms with Crippen LogP contribution in [0.15, 0.2) is 23.2 Å². The molecule has 0 spiro atoms. The zero-order chi connectivity index (χ0) is 10.8. The molecule has 1 aromatic carbocycles. The second-order valence-corrected chi connectivity index (χ2v) is 5.07. The fourth-order valence-electron chi connectivity index (χ4n) is 1.36. The average Bonchev–Trinajstić information content (AvgIpc) is 2.59. The maximum atomic E-state index is 6.05. The molecule has 1 aromatic rings. The zero-order valence-corrected chi connectivity index (χ0v) is 10.4. The lowest BCUT2D eigenvalue weighted by atomic mass is 10.2. The van der Waals surface area contributed by atoms with Gasteiger partial charge in [0.05, 0.1) is 5.69 Å². The fraction of sp³-hybridized carbons (Fsp3) is 0.364. The molecule has 1 fully saturated rings. The molecule has 4 heteroatoms. The molecule has 0 aromatic heterocycles. The number of hydrogen-bond donors (Lipinski definition) is 0. The Bertz CT molecular complexity index is 404. The molecule has 2 rings (SSSR count). The van der Waals surface area contributed by atoms with E-state index in [-0.39, 0.29) is 0 Å². The van der Waals surface area contributed by atoms with E-state index < -0.39 is 0 Å². The van der Waals surface area contributed by atoms with Crippen LogP contribution in [0.5, 0.6) is 0 Å². The van der Waals surface area contributed by atoms with Gasteiger partial charge in [-0.2, -0.15) is 0 Å². The summed E-state index contributed by atoms with van der Waals surface area (Å²) in [6.07, 6.45) is 0. The Hall–Kier alpha value is -0.670. The maximum Gasteiger partial charge on any atom is 0.164 e. The largest absolute Gasteiger partial charge is 0.353 e. The number of aliphatic imine (C=N–C) groups is 1. The molecule has 1 saturated heterocycles. The Labute approximate surface area is 99.3 Å². The molecule has 0 radical (unpaired) electrons. The highest BCUT2D eigenvalue weighted by molar-refractivity contribution is 8.14. The van der Waals surface area contributed by atoms with Crippen molar-refractivity contribution in [2.24, 2.45) is 4.99 Å². The van der Waals surface area contributed by atoms with Gasteiger partial charge in [-0.1, -0.05) is 29.4 Å². The molecule has 0 aliphatic carbocycles. The predicted molar refractivity (Wildman–Crippen MR) is 68.4 cm³/mol. The first-order valence-electron chi connectivity index (χ1n) is 4.85. The molecule has 1 heterocycles. The van der Waals surface area contributed by atoms with Crippen molar-refractivity contribution in [3.05, 3.63) is 28.8 Å². The van der Waals surface area contributed by atoms with Crippen molar-refractivity contribution in [2.45, 2.75) is 6.92 Å². The number of nitrogens with zero attached hydrogens (tertiary/aromatic N) is 2. The van der Waals surface area contributed by atoms with Crippen LogP contribution >= 0.6 is 23.4 Å². The number of halogens is 1. The molecular weight excluding hydrogens is 228 g/mol. The van der Waals surface area contributed by atoms with E-state index in [2.05, 4.69) is 16.9 Å². The van der Waals surface area contributed by atoms with Gasteiger partial charge in [0.1, 0.15) is 0 Å². The second kappa shape index (κ2) is 4.45. The Balaban J connectivity index is 2.27. The van der Waals surface area contributed by atoms with Crippen molar-refractivity contribution >= 4 is 34.2 Å². The molecule has 0 atom stereocenters. The molecule has 2 nitrogen and oxygen atoms in total. The Kier molecular flexibility index (Phi) is 3.22. The van der Waals surface area contributed by atoms with E-state index in [4.69, 9.17) is 11.6 Å². The summed E-state index contributed by atoms with van der Waals surface area (Å²) in [5.41, 5.74) is 2.02. The van der Waals surface area contributed by atoms with Crippen LogP contribution in [0.4, 0.5) is 5.69 Å². The minimum atomic E-state index is 0.780. The molecule has 0 saturated carbocycles. The van der Waals surface area contributed by atoms with E-state index in [1.165, 1.54) is 0 Å². The van der Waals surface area contributed by atoms with Gasteiger partial charge >= 0.3 is 0 Å². The summed E-state index contributed by atoms with van der Waals surface area (Å²) < 4.78 is 0. The molecule has 1 aliphatic rings. The Morgan fingerprint density at radius 3 is 2.87 bits per heavy atom. The van der Waals surface area contributed by atoms with Crippen LogP contribution in [0.3, 0.4) is 0 Å². The van der Waals surface area contributed by atoms with Crippen molar-refractivity contribution in [3.63, 3.8) is 0 Å². The van der Waals surface area contributed by atoms with Crippen LogP contribution in [-0.4, -0.2) is 29.4 Å². The summed E-state index contributed by atoms with van der Waals surface area (Å²) in [6.45, 7) is 3.07. The van der Waals surface area contributed by atoms with Gasteiger partial charge in [-0.15, -0.1) is 0 Å². The number of amidine groups is 1. The van der Waals surface area contributed by atoms with Crippen LogP contribution in [0.2, 0.25) is 5.02 Å². The summed E-state index contributed by atoms with van der Waals surface area (Å²) in [4.78, 5) is 6.73. The van der Waals surface area contributed by atoms with E-state index in [1.54, 1.807) is 11.8 Å². The van der Waals surface area contributed by atoms with E-state index in [0.29, 0.717) is 0 Å². The monoisotopic (exact) mass is 240 g/mol. The first kappa shape index (κ1) is 10.8. The topological polar surface area (TPSA) is 15.6 Å². The third kappa shape index (κ3) is 2.47. The number of hydrogen-bond acceptors (Lipinski definition) is 2. The molecule has 0 bridgehead atoms. The number of thioether (sulfide) groups is 1. The van der Waals surface area contributed by atoms with Crippen LogP contribution in [0, 0.1) is 6.92 Å². The van der Waals surface area contributed by atoms with E-state index in [1.807, 2.05) is 25.1 Å². The summed E-state index contributed by atoms with van der Waals surface area (Å²) in [7, 11) is 2.06. The normalized spacial score (nSPS) is 18.9. The van der Waals surface area contributed by atoms with Gasteiger partial charge in [0.15, 0.2) is 5.17 Å². The van der Waals surface area contributed by atoms with Gasteiger partial charge in [-0.3, -0.25) is 0 Å². The molecule has 0 amide bonds. The van der Waals surface area contributed by atoms with Gasteiger partial charge in [0, 0.05) is 24.4 Å². The molecule has 80 valence electrons. The highest BCUT2D eigenvalue weighted by atomic mass is 35.5. The van der Waals surface area contributed by atoms with Crippen molar-refractivity contribution in [1.29, 1.82) is 0 Å². The SMILES string of the molecule is Cc1ccc(N=C2SCCN2C)cc1Cl. The van der Waals surface area contributed by atoms with Gasteiger partial charge in [-0.25, -0.2) is 4.99 Å². The average molecular weight is 241 g/mol. The van der Waals surface area contributed by atoms with Crippen molar-refractivity contribution in [2.75, 3.05) is 19.3 Å². The van der Waals surface area contributed by atoms with Crippen LogP contribution in [0.25, 0.3) is 0 Å². The quantitative estimate of drug-likeness (QED) is 0.749. The summed E-state index contributed by atoms with van der Waals surface area (Å²) in [5.74, 6) is 1.12. The lowest BCUT2D eigenvalue weighted by Crippen LogP contribution is -2.17. The van der Waals surface area contributed by atoms with Gasteiger partial charge in [-0.05, 0) is 24.6 Å². The maximum absolute atomic E-state index is 6.05. The number of benzene rings is 1. The smallest absolute Gasteiger partial charge is 0.164 e. The van der Waals surface area contributed by atoms with Gasteiger partial charge in [0.2, 0.25) is 0 Å². The Morgan fingerprint density at radius 1 is 1.47 bits per heavy atom. The van der Waals surface area contributed by atoms with Crippen molar-refractivity contribution < 1.29 is 0 Å². The fourth-order valence-corrected chi connectivity index (χ4v) is 2.56. The van der Waals surface area contributed by atoms with Crippen LogP contribution < -0.4 is 0 Å². The minimum absolute atomic E-state index is 0.780. The standard InChI is InChI=1S/C11H13ClN2S/c1-8-3-4-9(7-10(8)12)13-11-14(2)5-6-15-11/h3-4,7H,5-6H2,1-2H3. The second-order valence-electron chi connectivity index (χ2n) is 3.60. The van der Waals surface area contributed by atoms with Crippen LogP contribution in [-0.2, 0) is 0 Å². The Morgan fingerprint density at radius 2 is 2.27 bits per heavy atom. The summed E-state index contributed by atoms with van der Waals surface area (Å²) in [6, 6.07) is 5.92. The van der Waals surface area contributed by atoms with Crippen LogP contribution in [0.1, 0.15) is 5.56 Å². The van der Waals surface area contributed by atoms with E-state index in [9.17, 15) is 0 Å². The first-order chi connectivity index (χ1) is 7.16. The van der Waals surface area contributed by atoms with E-state index in [0.717, 1.165) is 33.7 Å². The molecule has 15 heavy (non-hydrogen) atoms. The van der Waals surface area contributed by atoms with Crippen molar-refractivity contribution in [1.82, 2.24) is 4.90 Å². The lowest BCUT2D eigenvalue weighted by molar-refractivity contribution is 0.563. The molecule has 1 aliphatic heterocycles. The number of aryl methyl sites for hydroxylation is 1. The first-order valence-corrected chi connectivity index (χ1v) is 6.22.